The molecule has 1 heterocycles. The highest BCUT2D eigenvalue weighted by molar-refractivity contribution is 6.03. The minimum Gasteiger partial charge on any atom is -0.506 e. The third-order valence-electron chi connectivity index (χ3n) is 2.23. The Morgan fingerprint density at radius 2 is 2.29 bits per heavy atom. The highest BCUT2D eigenvalue weighted by atomic mass is 16.3. The molecule has 2 rings (SSSR count). The van der Waals surface area contributed by atoms with E-state index in [-0.39, 0.29) is 11.4 Å². The Hall–Kier alpha value is -2.57. The molecule has 0 aliphatic rings. The number of hydrogen-bond donors (Lipinski definition) is 3. The molecule has 0 bridgehead atoms. The summed E-state index contributed by atoms with van der Waals surface area (Å²) in [7, 11) is 1.66. The zero-order chi connectivity index (χ0) is 12.4. The zero-order valence-electron chi connectivity index (χ0n) is 9.08. The average molecular weight is 233 g/mol. The number of hydrogen-bond acceptors (Lipinski definition) is 5. The van der Waals surface area contributed by atoms with Crippen LogP contribution in [0.4, 0.5) is 11.6 Å². The number of carbonyl (C=O) groups is 1. The second-order valence-corrected chi connectivity index (χ2v) is 3.43. The number of aromatic hydroxyl groups is 1. The van der Waals surface area contributed by atoms with Gasteiger partial charge in [-0.2, -0.15) is 10.1 Å². The topological polar surface area (TPSA) is 106 Å². The zero-order valence-corrected chi connectivity index (χ0v) is 9.08. The Labute approximate surface area is 96.9 Å². The van der Waals surface area contributed by atoms with Crippen LogP contribution in [-0.2, 0) is 7.05 Å². The summed E-state index contributed by atoms with van der Waals surface area (Å²) in [6, 6.07) is 4.27. The number of phenolic OH excluding ortho intramolecular Hbond substituents is 1. The first kappa shape index (κ1) is 10.9. The van der Waals surface area contributed by atoms with Gasteiger partial charge in [0, 0.05) is 12.6 Å². The van der Waals surface area contributed by atoms with Gasteiger partial charge in [0.15, 0.2) is 0 Å². The first-order chi connectivity index (χ1) is 8.08. The molecule has 88 valence electrons. The lowest BCUT2D eigenvalue weighted by Crippen LogP contribution is -2.15. The minimum atomic E-state index is -0.392. The Morgan fingerprint density at radius 3 is 2.88 bits per heavy atom. The van der Waals surface area contributed by atoms with E-state index < -0.39 is 5.91 Å². The van der Waals surface area contributed by atoms with Gasteiger partial charge in [0.1, 0.15) is 12.1 Å². The van der Waals surface area contributed by atoms with Gasteiger partial charge in [0.2, 0.25) is 5.95 Å². The molecule has 0 aliphatic heterocycles. The van der Waals surface area contributed by atoms with Gasteiger partial charge in [-0.3, -0.25) is 10.1 Å². The largest absolute Gasteiger partial charge is 0.506 e. The maximum atomic E-state index is 11.8. The van der Waals surface area contributed by atoms with E-state index in [0.29, 0.717) is 11.5 Å². The van der Waals surface area contributed by atoms with Crippen LogP contribution in [0.2, 0.25) is 0 Å². The van der Waals surface area contributed by atoms with E-state index in [1.54, 1.807) is 7.05 Å². The van der Waals surface area contributed by atoms with Gasteiger partial charge in [0.25, 0.3) is 5.91 Å². The molecule has 1 amide bonds. The molecule has 0 atom stereocenters. The molecule has 2 aromatic rings. The van der Waals surface area contributed by atoms with Crippen molar-refractivity contribution in [2.24, 2.45) is 7.05 Å². The van der Waals surface area contributed by atoms with Crippen LogP contribution in [0.1, 0.15) is 10.4 Å². The number of nitrogens with zero attached hydrogens (tertiary/aromatic N) is 3. The summed E-state index contributed by atoms with van der Waals surface area (Å²) >= 11 is 0. The summed E-state index contributed by atoms with van der Waals surface area (Å²) in [6.45, 7) is 0. The number of aromatic nitrogens is 3. The van der Waals surface area contributed by atoms with E-state index in [2.05, 4.69) is 15.4 Å². The number of anilines is 2. The van der Waals surface area contributed by atoms with E-state index in [4.69, 9.17) is 5.73 Å². The van der Waals surface area contributed by atoms with Crippen molar-refractivity contribution in [2.45, 2.75) is 0 Å². The molecule has 1 aromatic heterocycles. The van der Waals surface area contributed by atoms with Crippen molar-refractivity contribution in [1.82, 2.24) is 14.8 Å². The Kier molecular flexibility index (Phi) is 2.65. The number of phenols is 1. The standard InChI is InChI=1S/C10H11N5O2/c1-15-10(12-5-13-15)14-9(17)6-2-3-7(11)8(16)4-6/h2-5,16H,11H2,1H3,(H,12,13,14,17). The monoisotopic (exact) mass is 233 g/mol. The molecule has 7 nitrogen and oxygen atoms in total. The maximum absolute atomic E-state index is 11.8. The maximum Gasteiger partial charge on any atom is 0.258 e. The van der Waals surface area contributed by atoms with Crippen molar-refractivity contribution in [2.75, 3.05) is 11.1 Å². The molecular formula is C10H11N5O2. The van der Waals surface area contributed by atoms with Crippen LogP contribution in [0.15, 0.2) is 24.5 Å². The second kappa shape index (κ2) is 4.12. The highest BCUT2D eigenvalue weighted by Crippen LogP contribution is 2.20. The third-order valence-corrected chi connectivity index (χ3v) is 2.23. The lowest BCUT2D eigenvalue weighted by molar-refractivity contribution is 0.102. The van der Waals surface area contributed by atoms with Crippen LogP contribution >= 0.6 is 0 Å². The van der Waals surface area contributed by atoms with Crippen molar-refractivity contribution in [3.63, 3.8) is 0 Å². The molecule has 17 heavy (non-hydrogen) atoms. The fourth-order valence-corrected chi connectivity index (χ4v) is 1.27. The Morgan fingerprint density at radius 1 is 1.53 bits per heavy atom. The predicted molar refractivity (Wildman–Crippen MR) is 61.5 cm³/mol. The molecular weight excluding hydrogens is 222 g/mol. The van der Waals surface area contributed by atoms with Crippen LogP contribution in [0.25, 0.3) is 0 Å². The summed E-state index contributed by atoms with van der Waals surface area (Å²) in [5, 5.41) is 15.8. The fraction of sp³-hybridized carbons (Fsp3) is 0.100. The fourth-order valence-electron chi connectivity index (χ4n) is 1.27. The number of rotatable bonds is 2. The smallest absolute Gasteiger partial charge is 0.258 e. The van der Waals surface area contributed by atoms with E-state index in [0.717, 1.165) is 0 Å². The van der Waals surface area contributed by atoms with Crippen LogP contribution in [0, 0.1) is 0 Å². The lowest BCUT2D eigenvalue weighted by atomic mass is 10.2. The van der Waals surface area contributed by atoms with Crippen molar-refractivity contribution in [3.05, 3.63) is 30.1 Å². The summed E-state index contributed by atoms with van der Waals surface area (Å²) < 4.78 is 1.43. The quantitative estimate of drug-likeness (QED) is 0.512. The summed E-state index contributed by atoms with van der Waals surface area (Å²) in [5.41, 5.74) is 5.95. The first-order valence-electron chi connectivity index (χ1n) is 4.82. The van der Waals surface area contributed by atoms with Gasteiger partial charge < -0.3 is 10.8 Å². The minimum absolute atomic E-state index is 0.129. The predicted octanol–water partition coefficient (Wildman–Crippen LogP) is 0.355. The van der Waals surface area contributed by atoms with Gasteiger partial charge in [-0.1, -0.05) is 0 Å². The number of nitrogens with two attached hydrogens (primary N) is 1. The molecule has 0 radical (unpaired) electrons. The van der Waals surface area contributed by atoms with Crippen LogP contribution in [0.5, 0.6) is 5.75 Å². The van der Waals surface area contributed by atoms with E-state index in [1.165, 1.54) is 29.2 Å². The summed E-state index contributed by atoms with van der Waals surface area (Å²) in [5.74, 6) is -0.196. The van der Waals surface area contributed by atoms with Gasteiger partial charge in [-0.25, -0.2) is 4.68 Å². The van der Waals surface area contributed by atoms with Crippen molar-refractivity contribution in [3.8, 4) is 5.75 Å². The lowest BCUT2D eigenvalue weighted by Gasteiger charge is -2.05. The summed E-state index contributed by atoms with van der Waals surface area (Å²) in [6.07, 6.45) is 1.33. The van der Waals surface area contributed by atoms with Crippen LogP contribution < -0.4 is 11.1 Å². The molecule has 0 saturated heterocycles. The van der Waals surface area contributed by atoms with Crippen LogP contribution in [0.3, 0.4) is 0 Å². The molecule has 0 saturated carbocycles. The van der Waals surface area contributed by atoms with E-state index in [9.17, 15) is 9.90 Å². The molecule has 1 aromatic carbocycles. The Bertz CT molecular complexity index is 564. The molecule has 4 N–H and O–H groups in total. The molecule has 0 spiro atoms. The summed E-state index contributed by atoms with van der Waals surface area (Å²) in [4.78, 5) is 15.6. The van der Waals surface area contributed by atoms with Crippen LogP contribution in [-0.4, -0.2) is 25.8 Å². The highest BCUT2D eigenvalue weighted by Gasteiger charge is 2.10. The third kappa shape index (κ3) is 2.17. The van der Waals surface area contributed by atoms with Crippen molar-refractivity contribution < 1.29 is 9.90 Å². The number of amides is 1. The van der Waals surface area contributed by atoms with E-state index in [1.807, 2.05) is 0 Å². The molecule has 0 unspecified atom stereocenters. The SMILES string of the molecule is Cn1ncnc1NC(=O)c1ccc(N)c(O)c1. The molecule has 0 fully saturated rings. The molecule has 7 heteroatoms. The number of benzene rings is 1. The number of nitrogen functional groups attached to an aromatic ring is 1. The Balaban J connectivity index is 2.20. The molecule has 0 aliphatic carbocycles. The average Bonchev–Trinajstić information content (AvgIpc) is 2.68. The van der Waals surface area contributed by atoms with Crippen molar-refractivity contribution >= 4 is 17.5 Å². The van der Waals surface area contributed by atoms with Gasteiger partial charge in [0.05, 0.1) is 5.69 Å². The normalized spacial score (nSPS) is 10.2. The number of aryl methyl sites for hydroxylation is 1. The van der Waals surface area contributed by atoms with Gasteiger partial charge in [-0.05, 0) is 18.2 Å². The van der Waals surface area contributed by atoms with Gasteiger partial charge >= 0.3 is 0 Å². The first-order valence-corrected chi connectivity index (χ1v) is 4.82. The van der Waals surface area contributed by atoms with Crippen molar-refractivity contribution in [1.29, 1.82) is 0 Å². The van der Waals surface area contributed by atoms with Gasteiger partial charge in [-0.15, -0.1) is 0 Å². The van der Waals surface area contributed by atoms with E-state index >= 15 is 0 Å². The number of carbonyl (C=O) groups excluding carboxylic acids is 1. The number of nitrogens with one attached hydrogen (secondary N) is 1. The second-order valence-electron chi connectivity index (χ2n) is 3.43.